The molecule has 1 aliphatic carbocycles. The molecule has 20 heavy (non-hydrogen) atoms. The number of benzene rings is 1. The van der Waals surface area contributed by atoms with E-state index >= 15 is 0 Å². The molecule has 2 N–H and O–H groups in total. The summed E-state index contributed by atoms with van der Waals surface area (Å²) < 4.78 is 5.64. The maximum Gasteiger partial charge on any atom is 0.219 e. The fourth-order valence-electron chi connectivity index (χ4n) is 3.09. The summed E-state index contributed by atoms with van der Waals surface area (Å²) in [6.45, 7) is 3.33. The Hall–Kier alpha value is -1.55. The lowest BCUT2D eigenvalue weighted by Crippen LogP contribution is -2.24. The minimum Gasteiger partial charge on any atom is -0.493 e. The van der Waals surface area contributed by atoms with Crippen LogP contribution in [0.4, 0.5) is 0 Å². The molecule has 4 nitrogen and oxygen atoms in total. The van der Waals surface area contributed by atoms with Gasteiger partial charge in [-0.15, -0.1) is 0 Å². The summed E-state index contributed by atoms with van der Waals surface area (Å²) in [4.78, 5) is 11.3. The van der Waals surface area contributed by atoms with Crippen molar-refractivity contribution in [2.45, 2.75) is 31.6 Å². The first-order valence-electron chi connectivity index (χ1n) is 7.37. The van der Waals surface area contributed by atoms with Gasteiger partial charge >= 0.3 is 0 Å². The molecule has 1 fully saturated rings. The fraction of sp³-hybridized carbons (Fsp3) is 0.562. The number of carbonyl (C=O) groups is 1. The van der Waals surface area contributed by atoms with Crippen LogP contribution in [0.5, 0.6) is 5.75 Å². The van der Waals surface area contributed by atoms with Crippen molar-refractivity contribution in [2.75, 3.05) is 19.8 Å². The predicted molar refractivity (Wildman–Crippen MR) is 75.9 cm³/mol. The summed E-state index contributed by atoms with van der Waals surface area (Å²) in [6, 6.07) is 6.14. The second kappa shape index (κ2) is 5.44. The van der Waals surface area contributed by atoms with Crippen molar-refractivity contribution in [3.63, 3.8) is 0 Å². The maximum absolute atomic E-state index is 11.3. The number of ether oxygens (including phenoxy) is 1. The molecule has 1 amide bonds. The lowest BCUT2D eigenvalue weighted by atomic mass is 9.93. The average Bonchev–Trinajstić information content (AvgIpc) is 3.13. The van der Waals surface area contributed by atoms with Crippen molar-refractivity contribution in [3.05, 3.63) is 29.3 Å². The molecule has 2 aliphatic rings. The number of aliphatic hydroxyl groups is 1. The zero-order valence-electron chi connectivity index (χ0n) is 11.8. The average molecular weight is 275 g/mol. The highest BCUT2D eigenvalue weighted by Gasteiger charge is 2.41. The van der Waals surface area contributed by atoms with Gasteiger partial charge in [-0.05, 0) is 29.9 Å². The highest BCUT2D eigenvalue weighted by Crippen LogP contribution is 2.51. The molecule has 1 aliphatic heterocycles. The van der Waals surface area contributed by atoms with Gasteiger partial charge in [-0.3, -0.25) is 4.79 Å². The Balaban J connectivity index is 1.71. The van der Waals surface area contributed by atoms with E-state index in [9.17, 15) is 9.90 Å². The number of hydrogen-bond donors (Lipinski definition) is 2. The molecule has 1 aromatic carbocycles. The van der Waals surface area contributed by atoms with Crippen LogP contribution in [-0.2, 0) is 4.79 Å². The molecule has 0 bridgehead atoms. The van der Waals surface area contributed by atoms with Crippen LogP contribution in [0.2, 0.25) is 0 Å². The van der Waals surface area contributed by atoms with Crippen LogP contribution in [0.25, 0.3) is 0 Å². The van der Waals surface area contributed by atoms with Gasteiger partial charge in [0.05, 0.1) is 13.2 Å². The SMILES string of the molecule is CCC(=O)NCC1CC1c1cccc2c1C(CO)CO2. The molecule has 4 heteroatoms. The van der Waals surface area contributed by atoms with Crippen LogP contribution in [0.15, 0.2) is 18.2 Å². The number of hydrogen-bond acceptors (Lipinski definition) is 3. The normalized spacial score (nSPS) is 26.8. The Kier molecular flexibility index (Phi) is 3.66. The number of amides is 1. The van der Waals surface area contributed by atoms with Crippen LogP contribution < -0.4 is 10.1 Å². The quantitative estimate of drug-likeness (QED) is 0.861. The molecular weight excluding hydrogens is 254 g/mol. The van der Waals surface area contributed by atoms with Crippen LogP contribution in [-0.4, -0.2) is 30.8 Å². The monoisotopic (exact) mass is 275 g/mol. The van der Waals surface area contributed by atoms with Crippen molar-refractivity contribution in [3.8, 4) is 5.75 Å². The van der Waals surface area contributed by atoms with E-state index < -0.39 is 0 Å². The molecular formula is C16H21NO3. The lowest BCUT2D eigenvalue weighted by Gasteiger charge is -2.11. The molecule has 0 radical (unpaired) electrons. The van der Waals surface area contributed by atoms with E-state index in [2.05, 4.69) is 11.4 Å². The second-order valence-electron chi connectivity index (χ2n) is 5.71. The first kappa shape index (κ1) is 13.4. The van der Waals surface area contributed by atoms with Crippen molar-refractivity contribution in [1.82, 2.24) is 5.32 Å². The highest BCUT2D eigenvalue weighted by atomic mass is 16.5. The molecule has 3 rings (SSSR count). The first-order chi connectivity index (χ1) is 9.74. The highest BCUT2D eigenvalue weighted by molar-refractivity contribution is 5.75. The van der Waals surface area contributed by atoms with Crippen LogP contribution >= 0.6 is 0 Å². The summed E-state index contributed by atoms with van der Waals surface area (Å²) in [5, 5.41) is 12.4. The molecule has 3 atom stereocenters. The zero-order valence-corrected chi connectivity index (χ0v) is 11.8. The van der Waals surface area contributed by atoms with Gasteiger partial charge in [0.1, 0.15) is 5.75 Å². The van der Waals surface area contributed by atoms with E-state index in [0.717, 1.165) is 18.7 Å². The summed E-state index contributed by atoms with van der Waals surface area (Å²) >= 11 is 0. The molecule has 1 heterocycles. The van der Waals surface area contributed by atoms with E-state index in [1.807, 2.05) is 19.1 Å². The Bertz CT molecular complexity index is 514. The molecule has 1 aromatic rings. The van der Waals surface area contributed by atoms with Crippen LogP contribution in [0.3, 0.4) is 0 Å². The number of fused-ring (bicyclic) bond motifs is 1. The summed E-state index contributed by atoms with van der Waals surface area (Å²) in [5.41, 5.74) is 2.49. The van der Waals surface area contributed by atoms with Crippen molar-refractivity contribution >= 4 is 5.91 Å². The molecule has 0 spiro atoms. The van der Waals surface area contributed by atoms with Gasteiger partial charge in [-0.1, -0.05) is 19.1 Å². The molecule has 1 saturated carbocycles. The van der Waals surface area contributed by atoms with Gasteiger partial charge in [-0.25, -0.2) is 0 Å². The summed E-state index contributed by atoms with van der Waals surface area (Å²) in [6.07, 6.45) is 1.65. The lowest BCUT2D eigenvalue weighted by molar-refractivity contribution is -0.120. The van der Waals surface area contributed by atoms with E-state index in [1.54, 1.807) is 0 Å². The van der Waals surface area contributed by atoms with E-state index in [0.29, 0.717) is 24.9 Å². The Morgan fingerprint density at radius 3 is 3.10 bits per heavy atom. The Morgan fingerprint density at radius 2 is 2.35 bits per heavy atom. The predicted octanol–water partition coefficient (Wildman–Crippen LogP) is 1.78. The third-order valence-electron chi connectivity index (χ3n) is 4.37. The van der Waals surface area contributed by atoms with Crippen LogP contribution in [0.1, 0.15) is 42.7 Å². The molecule has 0 saturated heterocycles. The minimum atomic E-state index is 0.104. The maximum atomic E-state index is 11.3. The van der Waals surface area contributed by atoms with Gasteiger partial charge in [-0.2, -0.15) is 0 Å². The second-order valence-corrected chi connectivity index (χ2v) is 5.71. The Labute approximate surface area is 119 Å². The topological polar surface area (TPSA) is 58.6 Å². The largest absolute Gasteiger partial charge is 0.493 e. The van der Waals surface area contributed by atoms with Gasteiger partial charge in [0.25, 0.3) is 0 Å². The van der Waals surface area contributed by atoms with Crippen LogP contribution in [0, 0.1) is 5.92 Å². The minimum absolute atomic E-state index is 0.104. The molecule has 3 unspecified atom stereocenters. The zero-order chi connectivity index (χ0) is 14.1. The fourth-order valence-corrected chi connectivity index (χ4v) is 3.09. The Morgan fingerprint density at radius 1 is 1.50 bits per heavy atom. The third-order valence-corrected chi connectivity index (χ3v) is 4.37. The third kappa shape index (κ3) is 2.40. The van der Waals surface area contributed by atoms with Crippen molar-refractivity contribution in [1.29, 1.82) is 0 Å². The van der Waals surface area contributed by atoms with Gasteiger partial charge in [0, 0.05) is 24.4 Å². The van der Waals surface area contributed by atoms with Gasteiger partial charge in [0.2, 0.25) is 5.91 Å². The van der Waals surface area contributed by atoms with E-state index in [4.69, 9.17) is 4.74 Å². The number of nitrogens with one attached hydrogen (secondary N) is 1. The van der Waals surface area contributed by atoms with Gasteiger partial charge in [0.15, 0.2) is 0 Å². The van der Waals surface area contributed by atoms with Crippen molar-refractivity contribution < 1.29 is 14.6 Å². The smallest absolute Gasteiger partial charge is 0.219 e. The van der Waals surface area contributed by atoms with E-state index in [1.165, 1.54) is 11.1 Å². The first-order valence-corrected chi connectivity index (χ1v) is 7.37. The number of aliphatic hydroxyl groups excluding tert-OH is 1. The number of carbonyl (C=O) groups excluding carboxylic acids is 1. The standard InChI is InChI=1S/C16H21NO3/c1-2-15(19)17-7-10-6-13(10)12-4-3-5-14-16(12)11(8-18)9-20-14/h3-5,10-11,13,18H,2,6-9H2,1H3,(H,17,19). The van der Waals surface area contributed by atoms with E-state index in [-0.39, 0.29) is 18.4 Å². The number of rotatable bonds is 5. The summed E-state index contributed by atoms with van der Waals surface area (Å²) in [7, 11) is 0. The van der Waals surface area contributed by atoms with Gasteiger partial charge < -0.3 is 15.2 Å². The molecule has 0 aromatic heterocycles. The molecule has 108 valence electrons. The van der Waals surface area contributed by atoms with Crippen molar-refractivity contribution in [2.24, 2.45) is 5.92 Å². The summed E-state index contributed by atoms with van der Waals surface area (Å²) in [5.74, 6) is 2.16.